The molecule has 0 unspecified atom stereocenters. The molecule has 0 radical (unpaired) electrons. The molecule has 0 N–H and O–H groups in total. The lowest BCUT2D eigenvalue weighted by Crippen LogP contribution is -2.31. The number of rotatable bonds is 8. The van der Waals surface area contributed by atoms with Crippen LogP contribution in [0, 0.1) is 0 Å². The first-order chi connectivity index (χ1) is 14.4. The van der Waals surface area contributed by atoms with Crippen molar-refractivity contribution in [3.05, 3.63) is 71.8 Å². The predicted octanol–water partition coefficient (Wildman–Crippen LogP) is 5.67. The monoisotopic (exact) mass is 448 g/mol. The van der Waals surface area contributed by atoms with Gasteiger partial charge >= 0.3 is 18.3 Å². The number of hydrogen-bond donors (Lipinski definition) is 0. The average Bonchev–Trinajstić information content (AvgIpc) is 2.69. The summed E-state index contributed by atoms with van der Waals surface area (Å²) in [6.07, 6.45) is -10.3. The maximum absolute atomic E-state index is 12.8. The molecule has 10 heteroatoms. The number of alkyl halides is 6. The first-order valence-electron chi connectivity index (χ1n) is 8.83. The number of carbonyl (C=O) groups excluding carboxylic acids is 1. The predicted molar refractivity (Wildman–Crippen MR) is 98.6 cm³/mol. The van der Waals surface area contributed by atoms with E-state index in [1.807, 2.05) is 0 Å². The highest BCUT2D eigenvalue weighted by atomic mass is 19.4. The molecule has 0 bridgehead atoms. The van der Waals surface area contributed by atoms with E-state index in [1.54, 1.807) is 0 Å². The average molecular weight is 448 g/mol. The Balaban J connectivity index is 2.09. The molecular weight excluding hydrogens is 430 g/mol. The zero-order valence-electron chi connectivity index (χ0n) is 16.2. The van der Waals surface area contributed by atoms with Gasteiger partial charge in [-0.1, -0.05) is 18.7 Å². The Morgan fingerprint density at radius 3 is 1.65 bits per heavy atom. The van der Waals surface area contributed by atoms with Crippen LogP contribution in [0.3, 0.4) is 0 Å². The van der Waals surface area contributed by atoms with Crippen LogP contribution in [0.5, 0.6) is 11.5 Å². The van der Waals surface area contributed by atoms with E-state index in [2.05, 4.69) is 6.58 Å². The molecule has 0 aliphatic carbocycles. The number of ether oxygens (including phenoxy) is 3. The molecule has 0 amide bonds. The van der Waals surface area contributed by atoms with E-state index in [1.165, 1.54) is 19.1 Å². The molecule has 2 aromatic carbocycles. The fourth-order valence-electron chi connectivity index (χ4n) is 2.27. The molecule has 2 aromatic rings. The topological polar surface area (TPSA) is 44.8 Å². The third-order valence-corrected chi connectivity index (χ3v) is 3.82. The normalized spacial score (nSPS) is 11.9. The van der Waals surface area contributed by atoms with Crippen LogP contribution in [0.4, 0.5) is 26.3 Å². The molecule has 0 saturated heterocycles. The molecule has 4 nitrogen and oxygen atoms in total. The van der Waals surface area contributed by atoms with Gasteiger partial charge in [0.1, 0.15) is 24.7 Å². The van der Waals surface area contributed by atoms with Crippen LogP contribution in [-0.2, 0) is 21.9 Å². The van der Waals surface area contributed by atoms with Crippen molar-refractivity contribution in [1.29, 1.82) is 0 Å². The van der Waals surface area contributed by atoms with Crippen molar-refractivity contribution in [1.82, 2.24) is 0 Å². The lowest BCUT2D eigenvalue weighted by atomic mass is 10.2. The maximum Gasteiger partial charge on any atom is 0.416 e. The van der Waals surface area contributed by atoms with Crippen LogP contribution in [0.2, 0.25) is 0 Å². The van der Waals surface area contributed by atoms with Crippen molar-refractivity contribution in [2.45, 2.75) is 25.4 Å². The van der Waals surface area contributed by atoms with E-state index in [0.717, 1.165) is 36.4 Å². The van der Waals surface area contributed by atoms with Gasteiger partial charge in [-0.2, -0.15) is 26.3 Å². The summed E-state index contributed by atoms with van der Waals surface area (Å²) in [6, 6.07) is 8.11. The lowest BCUT2D eigenvalue weighted by Gasteiger charge is -2.20. The number of hydrogen-bond acceptors (Lipinski definition) is 4. The van der Waals surface area contributed by atoms with Gasteiger partial charge in [0.15, 0.2) is 6.10 Å². The molecule has 0 aliphatic rings. The summed E-state index contributed by atoms with van der Waals surface area (Å²) >= 11 is 0. The van der Waals surface area contributed by atoms with Crippen LogP contribution < -0.4 is 9.47 Å². The summed E-state index contributed by atoms with van der Waals surface area (Å²) in [7, 11) is 0. The SMILES string of the molecule is C=C(C)C(=O)OC(COc1cccc(C(F)(F)F)c1)COc1cccc(C(F)(F)F)c1. The molecule has 0 spiro atoms. The second kappa shape index (κ2) is 9.76. The summed E-state index contributed by atoms with van der Waals surface area (Å²) in [5.74, 6) is -1.08. The zero-order chi connectivity index (χ0) is 23.2. The van der Waals surface area contributed by atoms with Gasteiger partial charge < -0.3 is 14.2 Å². The molecular formula is C21H18F6O4. The second-order valence-electron chi connectivity index (χ2n) is 6.48. The van der Waals surface area contributed by atoms with Crippen LogP contribution in [0.1, 0.15) is 18.1 Å². The van der Waals surface area contributed by atoms with Gasteiger partial charge in [-0.3, -0.25) is 0 Å². The Hall–Kier alpha value is -3.17. The summed E-state index contributed by atoms with van der Waals surface area (Å²) < 4.78 is 92.6. The highest BCUT2D eigenvalue weighted by Crippen LogP contribution is 2.32. The highest BCUT2D eigenvalue weighted by molar-refractivity contribution is 5.87. The fraction of sp³-hybridized carbons (Fsp3) is 0.286. The fourth-order valence-corrected chi connectivity index (χ4v) is 2.27. The standard InChI is InChI=1S/C21H18F6O4/c1-13(2)19(28)31-18(11-29-16-7-3-5-14(9-16)20(22,23)24)12-30-17-8-4-6-15(10-17)21(25,26)27/h3-10,18H,1,11-12H2,2H3. The van der Waals surface area contributed by atoms with Crippen molar-refractivity contribution in [3.63, 3.8) is 0 Å². The van der Waals surface area contributed by atoms with Crippen LogP contribution in [0.15, 0.2) is 60.7 Å². The third-order valence-electron chi connectivity index (χ3n) is 3.82. The second-order valence-corrected chi connectivity index (χ2v) is 6.48. The number of benzene rings is 2. The minimum atomic E-state index is -4.57. The van der Waals surface area contributed by atoms with Gasteiger partial charge in [0.05, 0.1) is 11.1 Å². The van der Waals surface area contributed by atoms with Crippen molar-refractivity contribution in [3.8, 4) is 11.5 Å². The highest BCUT2D eigenvalue weighted by Gasteiger charge is 2.31. The first-order valence-corrected chi connectivity index (χ1v) is 8.83. The summed E-state index contributed by atoms with van der Waals surface area (Å²) in [5, 5.41) is 0. The quantitative estimate of drug-likeness (QED) is 0.297. The van der Waals surface area contributed by atoms with Crippen LogP contribution >= 0.6 is 0 Å². The Morgan fingerprint density at radius 1 is 0.871 bits per heavy atom. The molecule has 0 aromatic heterocycles. The Kier molecular flexibility index (Phi) is 7.59. The van der Waals surface area contributed by atoms with Crippen molar-refractivity contribution in [2.24, 2.45) is 0 Å². The Bertz CT molecular complexity index is 859. The van der Waals surface area contributed by atoms with Gasteiger partial charge in [-0.05, 0) is 43.3 Å². The van der Waals surface area contributed by atoms with Gasteiger partial charge in [-0.15, -0.1) is 0 Å². The number of carbonyl (C=O) groups is 1. The maximum atomic E-state index is 12.8. The largest absolute Gasteiger partial charge is 0.490 e. The van der Waals surface area contributed by atoms with Gasteiger partial charge in [-0.25, -0.2) is 4.79 Å². The van der Waals surface area contributed by atoms with Crippen LogP contribution in [-0.4, -0.2) is 25.3 Å². The van der Waals surface area contributed by atoms with Crippen molar-refractivity contribution < 1.29 is 45.3 Å². The molecule has 0 atom stereocenters. The Labute approximate surface area is 174 Å². The minimum Gasteiger partial charge on any atom is -0.490 e. The molecule has 0 fully saturated rings. The number of esters is 1. The number of halogens is 6. The van der Waals surface area contributed by atoms with E-state index in [-0.39, 0.29) is 17.1 Å². The van der Waals surface area contributed by atoms with E-state index in [4.69, 9.17) is 14.2 Å². The van der Waals surface area contributed by atoms with E-state index in [0.29, 0.717) is 0 Å². The van der Waals surface area contributed by atoms with E-state index < -0.39 is 48.8 Å². The molecule has 31 heavy (non-hydrogen) atoms. The summed E-state index contributed by atoms with van der Waals surface area (Å²) in [5.41, 5.74) is -1.82. The summed E-state index contributed by atoms with van der Waals surface area (Å²) in [6.45, 7) is 3.98. The van der Waals surface area contributed by atoms with Gasteiger partial charge in [0.2, 0.25) is 0 Å². The third kappa shape index (κ3) is 7.54. The van der Waals surface area contributed by atoms with E-state index in [9.17, 15) is 31.1 Å². The summed E-state index contributed by atoms with van der Waals surface area (Å²) in [4.78, 5) is 11.8. The minimum absolute atomic E-state index is 0.0446. The molecule has 0 heterocycles. The molecule has 168 valence electrons. The molecule has 0 saturated carbocycles. The van der Waals surface area contributed by atoms with Gasteiger partial charge in [0.25, 0.3) is 0 Å². The Morgan fingerprint density at radius 2 is 1.29 bits per heavy atom. The van der Waals surface area contributed by atoms with E-state index >= 15 is 0 Å². The van der Waals surface area contributed by atoms with Gasteiger partial charge in [0, 0.05) is 5.57 Å². The molecule has 2 rings (SSSR count). The van der Waals surface area contributed by atoms with Crippen LogP contribution in [0.25, 0.3) is 0 Å². The first kappa shape index (κ1) is 24.1. The van der Waals surface area contributed by atoms with Crippen molar-refractivity contribution >= 4 is 5.97 Å². The molecule has 0 aliphatic heterocycles. The lowest BCUT2D eigenvalue weighted by molar-refractivity contribution is -0.147. The smallest absolute Gasteiger partial charge is 0.416 e. The van der Waals surface area contributed by atoms with Crippen molar-refractivity contribution in [2.75, 3.05) is 13.2 Å². The zero-order valence-corrected chi connectivity index (χ0v) is 16.2.